The first-order valence-electron chi connectivity index (χ1n) is 8.01. The van der Waals surface area contributed by atoms with E-state index in [4.69, 9.17) is 5.73 Å². The van der Waals surface area contributed by atoms with E-state index in [1.165, 1.54) is 16.7 Å². The van der Waals surface area contributed by atoms with E-state index in [1.807, 2.05) is 6.92 Å². The molecule has 1 atom stereocenters. The van der Waals surface area contributed by atoms with Crippen molar-refractivity contribution < 1.29 is 0 Å². The van der Waals surface area contributed by atoms with E-state index in [0.29, 0.717) is 0 Å². The second-order valence-electron chi connectivity index (χ2n) is 6.08. The van der Waals surface area contributed by atoms with Gasteiger partial charge in [0.25, 0.3) is 0 Å². The summed E-state index contributed by atoms with van der Waals surface area (Å²) >= 11 is 1.68. The summed E-state index contributed by atoms with van der Waals surface area (Å²) in [6, 6.07) is 16.7. The predicted molar refractivity (Wildman–Crippen MR) is 99.4 cm³/mol. The Bertz CT molecular complexity index is 822. The lowest BCUT2D eigenvalue weighted by Crippen LogP contribution is -2.13. The highest BCUT2D eigenvalue weighted by Crippen LogP contribution is 2.27. The molecular weight excluding hydrogens is 316 g/mol. The van der Waals surface area contributed by atoms with Crippen molar-refractivity contribution in [1.29, 1.82) is 0 Å². The molecule has 24 heavy (non-hydrogen) atoms. The topological polar surface area (TPSA) is 56.7 Å². The molecule has 0 radical (unpaired) electrons. The first kappa shape index (κ1) is 16.7. The monoisotopic (exact) mass is 338 g/mol. The van der Waals surface area contributed by atoms with Crippen LogP contribution in [0.3, 0.4) is 0 Å². The molecule has 0 aliphatic heterocycles. The van der Waals surface area contributed by atoms with Crippen LogP contribution in [0.4, 0.5) is 0 Å². The van der Waals surface area contributed by atoms with Gasteiger partial charge in [-0.25, -0.2) is 0 Å². The Morgan fingerprint density at radius 3 is 2.46 bits per heavy atom. The quantitative estimate of drug-likeness (QED) is 0.709. The van der Waals surface area contributed by atoms with Gasteiger partial charge in [0.1, 0.15) is 0 Å². The van der Waals surface area contributed by atoms with Gasteiger partial charge in [-0.15, -0.1) is 10.2 Å². The molecule has 5 heteroatoms. The van der Waals surface area contributed by atoms with Crippen molar-refractivity contribution in [2.24, 2.45) is 5.73 Å². The fourth-order valence-corrected chi connectivity index (χ4v) is 3.46. The van der Waals surface area contributed by atoms with Crippen LogP contribution < -0.4 is 5.73 Å². The Morgan fingerprint density at radius 2 is 1.79 bits per heavy atom. The van der Waals surface area contributed by atoms with Crippen molar-refractivity contribution >= 4 is 11.8 Å². The van der Waals surface area contributed by atoms with Gasteiger partial charge in [-0.05, 0) is 38.5 Å². The van der Waals surface area contributed by atoms with Crippen molar-refractivity contribution in [3.05, 3.63) is 71.0 Å². The molecule has 0 fully saturated rings. The van der Waals surface area contributed by atoms with Crippen LogP contribution in [0.1, 0.15) is 35.5 Å². The number of hydrogen-bond donors (Lipinski definition) is 1. The van der Waals surface area contributed by atoms with Crippen molar-refractivity contribution in [3.63, 3.8) is 0 Å². The van der Waals surface area contributed by atoms with E-state index >= 15 is 0 Å². The molecule has 0 amide bonds. The number of nitrogens with zero attached hydrogens (tertiary/aromatic N) is 3. The maximum Gasteiger partial charge on any atom is 0.196 e. The van der Waals surface area contributed by atoms with Crippen molar-refractivity contribution in [3.8, 4) is 5.69 Å². The fraction of sp³-hybridized carbons (Fsp3) is 0.263. The zero-order valence-corrected chi connectivity index (χ0v) is 15.0. The van der Waals surface area contributed by atoms with E-state index in [1.54, 1.807) is 11.8 Å². The molecule has 0 aliphatic carbocycles. The van der Waals surface area contributed by atoms with E-state index in [9.17, 15) is 0 Å². The van der Waals surface area contributed by atoms with Gasteiger partial charge in [-0.1, -0.05) is 59.3 Å². The molecule has 0 saturated heterocycles. The Labute approximate surface area is 147 Å². The van der Waals surface area contributed by atoms with E-state index in [-0.39, 0.29) is 6.04 Å². The molecule has 124 valence electrons. The van der Waals surface area contributed by atoms with Crippen LogP contribution in [0.25, 0.3) is 5.69 Å². The summed E-state index contributed by atoms with van der Waals surface area (Å²) in [6.45, 7) is 6.12. The minimum Gasteiger partial charge on any atom is -0.322 e. The molecule has 2 N–H and O–H groups in total. The van der Waals surface area contributed by atoms with Crippen LogP contribution in [-0.4, -0.2) is 14.8 Å². The van der Waals surface area contributed by atoms with Gasteiger partial charge >= 0.3 is 0 Å². The van der Waals surface area contributed by atoms with Crippen LogP contribution >= 0.6 is 11.8 Å². The van der Waals surface area contributed by atoms with Gasteiger partial charge in [0.15, 0.2) is 11.0 Å². The highest BCUT2D eigenvalue weighted by atomic mass is 32.2. The maximum atomic E-state index is 6.09. The summed E-state index contributed by atoms with van der Waals surface area (Å²) in [5, 5.41) is 9.55. The standard InChI is InChI=1S/C19H22N4S/c1-13-7-9-17(10-8-13)23-18(15(3)20)21-22-19(23)24-12-16-6-4-5-14(2)11-16/h4-11,15H,12,20H2,1-3H3. The normalized spacial score (nSPS) is 12.3. The first-order valence-corrected chi connectivity index (χ1v) is 8.99. The summed E-state index contributed by atoms with van der Waals surface area (Å²) in [4.78, 5) is 0. The number of thioether (sulfide) groups is 1. The predicted octanol–water partition coefficient (Wildman–Crippen LogP) is 4.20. The third-order valence-electron chi connectivity index (χ3n) is 3.81. The zero-order chi connectivity index (χ0) is 17.1. The maximum absolute atomic E-state index is 6.09. The van der Waals surface area contributed by atoms with Crippen LogP contribution in [0.15, 0.2) is 53.7 Å². The number of aryl methyl sites for hydroxylation is 2. The van der Waals surface area contributed by atoms with Crippen LogP contribution in [0.5, 0.6) is 0 Å². The minimum absolute atomic E-state index is 0.174. The molecule has 0 aliphatic rings. The molecule has 0 bridgehead atoms. The highest BCUT2D eigenvalue weighted by Gasteiger charge is 2.17. The number of hydrogen-bond acceptors (Lipinski definition) is 4. The zero-order valence-electron chi connectivity index (χ0n) is 14.2. The van der Waals surface area contributed by atoms with Gasteiger partial charge < -0.3 is 5.73 Å². The Morgan fingerprint density at radius 1 is 1.04 bits per heavy atom. The van der Waals surface area contributed by atoms with Crippen LogP contribution in [-0.2, 0) is 5.75 Å². The average molecular weight is 338 g/mol. The van der Waals surface area contributed by atoms with Gasteiger partial charge in [-0.3, -0.25) is 4.57 Å². The molecule has 1 unspecified atom stereocenters. The summed E-state index contributed by atoms with van der Waals surface area (Å²) < 4.78 is 2.06. The molecule has 1 aromatic heterocycles. The molecular formula is C19H22N4S. The molecule has 3 aromatic rings. The second-order valence-corrected chi connectivity index (χ2v) is 7.02. The molecule has 3 rings (SSSR count). The number of benzene rings is 2. The Kier molecular flexibility index (Phi) is 5.02. The number of nitrogens with two attached hydrogens (primary N) is 1. The molecule has 4 nitrogen and oxygen atoms in total. The molecule has 1 heterocycles. The fourth-order valence-electron chi connectivity index (χ4n) is 2.56. The third-order valence-corrected chi connectivity index (χ3v) is 4.81. The Hall–Kier alpha value is -2.11. The molecule has 0 spiro atoms. The van der Waals surface area contributed by atoms with Gasteiger partial charge in [-0.2, -0.15) is 0 Å². The van der Waals surface area contributed by atoms with E-state index < -0.39 is 0 Å². The highest BCUT2D eigenvalue weighted by molar-refractivity contribution is 7.98. The Balaban J connectivity index is 1.91. The van der Waals surface area contributed by atoms with Crippen molar-refractivity contribution in [2.75, 3.05) is 0 Å². The smallest absolute Gasteiger partial charge is 0.196 e. The van der Waals surface area contributed by atoms with E-state index in [2.05, 4.69) is 77.1 Å². The van der Waals surface area contributed by atoms with Gasteiger partial charge in [0.2, 0.25) is 0 Å². The van der Waals surface area contributed by atoms with Gasteiger partial charge in [0, 0.05) is 11.4 Å². The summed E-state index contributed by atoms with van der Waals surface area (Å²) in [5.41, 5.74) is 10.9. The SMILES string of the molecule is Cc1ccc(-n2c(SCc3cccc(C)c3)nnc2C(C)N)cc1. The van der Waals surface area contributed by atoms with Crippen LogP contribution in [0, 0.1) is 13.8 Å². The van der Waals surface area contributed by atoms with Gasteiger partial charge in [0.05, 0.1) is 6.04 Å². The minimum atomic E-state index is -0.174. The average Bonchev–Trinajstić information content (AvgIpc) is 2.98. The molecule has 0 saturated carbocycles. The molecule has 2 aromatic carbocycles. The number of rotatable bonds is 5. The van der Waals surface area contributed by atoms with Crippen molar-refractivity contribution in [1.82, 2.24) is 14.8 Å². The second kappa shape index (κ2) is 7.20. The number of aromatic nitrogens is 3. The lowest BCUT2D eigenvalue weighted by molar-refractivity contribution is 0.704. The summed E-state index contributed by atoms with van der Waals surface area (Å²) in [6.07, 6.45) is 0. The largest absolute Gasteiger partial charge is 0.322 e. The van der Waals surface area contributed by atoms with Crippen molar-refractivity contribution in [2.45, 2.75) is 37.7 Å². The summed E-state index contributed by atoms with van der Waals surface area (Å²) in [7, 11) is 0. The lowest BCUT2D eigenvalue weighted by Gasteiger charge is -2.12. The third kappa shape index (κ3) is 3.68. The van der Waals surface area contributed by atoms with E-state index in [0.717, 1.165) is 22.4 Å². The first-order chi connectivity index (χ1) is 11.5. The van der Waals surface area contributed by atoms with Crippen LogP contribution in [0.2, 0.25) is 0 Å². The lowest BCUT2D eigenvalue weighted by atomic mass is 10.2. The summed E-state index contributed by atoms with van der Waals surface area (Å²) in [5.74, 6) is 1.63.